The molecule has 3 heterocycles. The zero-order valence-electron chi connectivity index (χ0n) is 11.1. The van der Waals surface area contributed by atoms with Crippen molar-refractivity contribution in [3.05, 3.63) is 17.8 Å². The van der Waals surface area contributed by atoms with Crippen molar-refractivity contribution < 1.29 is 0 Å². The number of anilines is 2. The quantitative estimate of drug-likeness (QED) is 0.818. The lowest BCUT2D eigenvalue weighted by Gasteiger charge is -2.44. The van der Waals surface area contributed by atoms with Crippen molar-refractivity contribution in [3.8, 4) is 0 Å². The van der Waals surface area contributed by atoms with Gasteiger partial charge in [-0.2, -0.15) is 0 Å². The summed E-state index contributed by atoms with van der Waals surface area (Å²) in [5, 5.41) is 0. The van der Waals surface area contributed by atoms with Crippen LogP contribution in [0.25, 0.3) is 0 Å². The van der Waals surface area contributed by atoms with Gasteiger partial charge in [-0.1, -0.05) is 6.42 Å². The minimum absolute atomic E-state index is 0.703. The first-order chi connectivity index (χ1) is 8.75. The summed E-state index contributed by atoms with van der Waals surface area (Å²) in [6, 6.07) is 2.68. The van der Waals surface area contributed by atoms with E-state index >= 15 is 0 Å². The highest BCUT2D eigenvalue weighted by Gasteiger charge is 2.30. The van der Waals surface area contributed by atoms with Gasteiger partial charge >= 0.3 is 0 Å². The van der Waals surface area contributed by atoms with Crippen LogP contribution in [0.2, 0.25) is 0 Å². The average Bonchev–Trinajstić information content (AvgIpc) is 2.41. The van der Waals surface area contributed by atoms with Gasteiger partial charge in [-0.25, -0.2) is 4.98 Å². The third-order valence-corrected chi connectivity index (χ3v) is 4.32. The Labute approximate surface area is 109 Å². The maximum Gasteiger partial charge on any atom is 0.152 e. The molecule has 0 aromatic carbocycles. The summed E-state index contributed by atoms with van der Waals surface area (Å²) in [6.07, 6.45) is 5.92. The minimum Gasteiger partial charge on any atom is -0.396 e. The third kappa shape index (κ3) is 2.05. The van der Waals surface area contributed by atoms with Crippen LogP contribution in [0.3, 0.4) is 0 Å². The number of nitrogen functional groups attached to an aromatic ring is 1. The number of aromatic nitrogens is 1. The van der Waals surface area contributed by atoms with Gasteiger partial charge in [0.2, 0.25) is 0 Å². The highest BCUT2D eigenvalue weighted by atomic mass is 15.3. The van der Waals surface area contributed by atoms with Crippen LogP contribution in [0, 0.1) is 6.92 Å². The molecule has 1 aromatic rings. The first-order valence-corrected chi connectivity index (χ1v) is 6.96. The molecule has 2 saturated heterocycles. The Hall–Kier alpha value is -1.29. The molecule has 0 saturated carbocycles. The normalized spacial score (nSPS) is 24.9. The van der Waals surface area contributed by atoms with Crippen LogP contribution in [0.15, 0.2) is 12.3 Å². The van der Waals surface area contributed by atoms with E-state index in [-0.39, 0.29) is 0 Å². The van der Waals surface area contributed by atoms with Crippen molar-refractivity contribution in [2.75, 3.05) is 36.8 Å². The van der Waals surface area contributed by atoms with E-state index in [2.05, 4.69) is 21.7 Å². The fraction of sp³-hybridized carbons (Fsp3) is 0.643. The van der Waals surface area contributed by atoms with Crippen molar-refractivity contribution in [1.29, 1.82) is 0 Å². The molecule has 4 nitrogen and oxygen atoms in total. The topological polar surface area (TPSA) is 45.4 Å². The maximum absolute atomic E-state index is 6.16. The highest BCUT2D eigenvalue weighted by molar-refractivity contribution is 5.66. The van der Waals surface area contributed by atoms with E-state index in [1.807, 2.05) is 12.3 Å². The van der Waals surface area contributed by atoms with Gasteiger partial charge in [-0.3, -0.25) is 4.90 Å². The van der Waals surface area contributed by atoms with Crippen molar-refractivity contribution in [2.24, 2.45) is 0 Å². The summed E-state index contributed by atoms with van der Waals surface area (Å²) in [5.74, 6) is 0.986. The predicted octanol–water partition coefficient (Wildman–Crippen LogP) is 1.65. The predicted molar refractivity (Wildman–Crippen MR) is 74.8 cm³/mol. The first kappa shape index (κ1) is 11.8. The van der Waals surface area contributed by atoms with E-state index in [9.17, 15) is 0 Å². The van der Waals surface area contributed by atoms with Crippen LogP contribution in [0.4, 0.5) is 11.5 Å². The number of hydrogen-bond acceptors (Lipinski definition) is 4. The molecule has 2 fully saturated rings. The maximum atomic E-state index is 6.16. The molecule has 0 aliphatic carbocycles. The zero-order valence-corrected chi connectivity index (χ0v) is 11.1. The molecule has 2 N–H and O–H groups in total. The lowest BCUT2D eigenvalue weighted by Crippen LogP contribution is -2.55. The molecular weight excluding hydrogens is 224 g/mol. The molecule has 1 aromatic heterocycles. The molecule has 4 heteroatoms. The van der Waals surface area contributed by atoms with Gasteiger partial charge in [0.15, 0.2) is 5.82 Å². The summed E-state index contributed by atoms with van der Waals surface area (Å²) >= 11 is 0. The molecular formula is C14H22N4. The van der Waals surface area contributed by atoms with Gasteiger partial charge in [0.25, 0.3) is 0 Å². The second-order valence-corrected chi connectivity index (χ2v) is 5.50. The summed E-state index contributed by atoms with van der Waals surface area (Å²) in [6.45, 7) is 6.62. The number of aryl methyl sites for hydroxylation is 1. The Morgan fingerprint density at radius 1 is 1.28 bits per heavy atom. The number of fused-ring (bicyclic) bond motifs is 1. The Balaban J connectivity index is 1.79. The average molecular weight is 246 g/mol. The van der Waals surface area contributed by atoms with Gasteiger partial charge in [-0.05, 0) is 37.9 Å². The molecule has 0 radical (unpaired) electrons. The van der Waals surface area contributed by atoms with Crippen LogP contribution in [0.1, 0.15) is 24.8 Å². The number of piperidine rings is 1. The largest absolute Gasteiger partial charge is 0.396 e. The zero-order chi connectivity index (χ0) is 12.5. The van der Waals surface area contributed by atoms with Gasteiger partial charge in [0, 0.05) is 31.9 Å². The van der Waals surface area contributed by atoms with Crippen LogP contribution < -0.4 is 10.6 Å². The van der Waals surface area contributed by atoms with E-state index in [0.29, 0.717) is 6.04 Å². The number of pyridine rings is 1. The van der Waals surface area contributed by atoms with Crippen LogP contribution >= 0.6 is 0 Å². The number of nitrogens with zero attached hydrogens (tertiary/aromatic N) is 3. The minimum atomic E-state index is 0.703. The van der Waals surface area contributed by atoms with E-state index in [1.54, 1.807) is 0 Å². The molecule has 0 spiro atoms. The molecule has 2 aliphatic rings. The standard InChI is InChI=1S/C14H22N4/c1-11-5-6-16-14(13(11)15)18-9-8-17-7-3-2-4-12(17)10-18/h5-6,12H,2-4,7-10,15H2,1H3. The monoisotopic (exact) mass is 246 g/mol. The Morgan fingerprint density at radius 3 is 3.06 bits per heavy atom. The fourth-order valence-electron chi connectivity index (χ4n) is 3.16. The molecule has 1 unspecified atom stereocenters. The third-order valence-electron chi connectivity index (χ3n) is 4.32. The molecule has 2 aliphatic heterocycles. The fourth-order valence-corrected chi connectivity index (χ4v) is 3.16. The lowest BCUT2D eigenvalue weighted by molar-refractivity contribution is 0.133. The number of nitrogens with two attached hydrogens (primary N) is 1. The Morgan fingerprint density at radius 2 is 2.17 bits per heavy atom. The molecule has 0 bridgehead atoms. The molecule has 0 amide bonds. The Kier molecular flexibility index (Phi) is 3.12. The molecule has 1 atom stereocenters. The van der Waals surface area contributed by atoms with Crippen LogP contribution in [0.5, 0.6) is 0 Å². The number of hydrogen-bond donors (Lipinski definition) is 1. The molecule has 18 heavy (non-hydrogen) atoms. The van der Waals surface area contributed by atoms with E-state index < -0.39 is 0 Å². The smallest absolute Gasteiger partial charge is 0.152 e. The van der Waals surface area contributed by atoms with Crippen molar-refractivity contribution in [1.82, 2.24) is 9.88 Å². The van der Waals surface area contributed by atoms with E-state index in [1.165, 1.54) is 25.8 Å². The number of rotatable bonds is 1. The van der Waals surface area contributed by atoms with Gasteiger partial charge in [-0.15, -0.1) is 0 Å². The first-order valence-electron chi connectivity index (χ1n) is 6.96. The van der Waals surface area contributed by atoms with Crippen LogP contribution in [-0.2, 0) is 0 Å². The van der Waals surface area contributed by atoms with E-state index in [4.69, 9.17) is 5.73 Å². The summed E-state index contributed by atoms with van der Waals surface area (Å²) in [5.41, 5.74) is 8.14. The lowest BCUT2D eigenvalue weighted by atomic mass is 9.99. The van der Waals surface area contributed by atoms with Gasteiger partial charge in [0.1, 0.15) is 0 Å². The Bertz CT molecular complexity index is 432. The summed E-state index contributed by atoms with van der Waals surface area (Å²) in [7, 11) is 0. The van der Waals surface area contributed by atoms with Crippen molar-refractivity contribution >= 4 is 11.5 Å². The second-order valence-electron chi connectivity index (χ2n) is 5.50. The summed E-state index contributed by atoms with van der Waals surface area (Å²) in [4.78, 5) is 9.48. The van der Waals surface area contributed by atoms with Gasteiger partial charge < -0.3 is 10.6 Å². The van der Waals surface area contributed by atoms with Gasteiger partial charge in [0.05, 0.1) is 5.69 Å². The van der Waals surface area contributed by atoms with E-state index in [0.717, 1.165) is 36.7 Å². The van der Waals surface area contributed by atoms with Crippen molar-refractivity contribution in [2.45, 2.75) is 32.2 Å². The SMILES string of the molecule is Cc1ccnc(N2CCN3CCCCC3C2)c1N. The summed E-state index contributed by atoms with van der Waals surface area (Å²) < 4.78 is 0. The van der Waals surface area contributed by atoms with Crippen molar-refractivity contribution in [3.63, 3.8) is 0 Å². The highest BCUT2D eigenvalue weighted by Crippen LogP contribution is 2.28. The number of piperazine rings is 1. The second kappa shape index (κ2) is 4.76. The van der Waals surface area contributed by atoms with Crippen LogP contribution in [-0.4, -0.2) is 42.1 Å². The molecule has 3 rings (SSSR count). The molecule has 98 valence electrons.